The zero-order chi connectivity index (χ0) is 18.0. The summed E-state index contributed by atoms with van der Waals surface area (Å²) in [6.45, 7) is 5.47. The molecule has 3 nitrogen and oxygen atoms in total. The van der Waals surface area contributed by atoms with Gasteiger partial charge in [0.15, 0.2) is 0 Å². The van der Waals surface area contributed by atoms with Gasteiger partial charge in [0.2, 0.25) is 10.0 Å². The van der Waals surface area contributed by atoms with E-state index in [1.807, 2.05) is 6.92 Å². The number of alkyl halides is 3. The van der Waals surface area contributed by atoms with Gasteiger partial charge in [-0.3, -0.25) is 0 Å². The molecule has 0 saturated heterocycles. The van der Waals surface area contributed by atoms with E-state index in [0.29, 0.717) is 11.1 Å². The lowest BCUT2D eigenvalue weighted by molar-refractivity contribution is -0.137. The van der Waals surface area contributed by atoms with Crippen molar-refractivity contribution in [3.05, 3.63) is 71.8 Å². The topological polar surface area (TPSA) is 46.2 Å². The summed E-state index contributed by atoms with van der Waals surface area (Å²) in [6, 6.07) is 10.7. The van der Waals surface area contributed by atoms with Gasteiger partial charge in [-0.1, -0.05) is 36.4 Å². The van der Waals surface area contributed by atoms with Crippen molar-refractivity contribution < 1.29 is 21.6 Å². The van der Waals surface area contributed by atoms with Gasteiger partial charge in [-0.15, -0.1) is 0 Å². The number of hydrogen-bond acceptors (Lipinski definition) is 2. The van der Waals surface area contributed by atoms with Crippen LogP contribution in [0.5, 0.6) is 0 Å². The first-order valence-electron chi connectivity index (χ1n) is 7.01. The van der Waals surface area contributed by atoms with Crippen molar-refractivity contribution in [1.82, 2.24) is 4.72 Å². The first-order chi connectivity index (χ1) is 11.1. The van der Waals surface area contributed by atoms with Gasteiger partial charge in [0.25, 0.3) is 0 Å². The molecular formula is C17H16F3NO2S. The number of aryl methyl sites for hydroxylation is 1. The molecule has 0 atom stereocenters. The first kappa shape index (κ1) is 18.2. The van der Waals surface area contributed by atoms with Gasteiger partial charge in [-0.2, -0.15) is 13.2 Å². The summed E-state index contributed by atoms with van der Waals surface area (Å²) in [6.07, 6.45) is -4.41. The van der Waals surface area contributed by atoms with Crippen LogP contribution in [0.3, 0.4) is 0 Å². The largest absolute Gasteiger partial charge is 0.416 e. The third kappa shape index (κ3) is 4.46. The average molecular weight is 355 g/mol. The molecule has 2 rings (SSSR count). The summed E-state index contributed by atoms with van der Waals surface area (Å²) in [4.78, 5) is 0.119. The Bertz CT molecular complexity index is 824. The van der Waals surface area contributed by atoms with Crippen LogP contribution in [0.25, 0.3) is 5.57 Å². The molecular weight excluding hydrogens is 339 g/mol. The van der Waals surface area contributed by atoms with Crippen LogP contribution >= 0.6 is 0 Å². The van der Waals surface area contributed by atoms with Crippen molar-refractivity contribution in [2.24, 2.45) is 0 Å². The summed E-state index contributed by atoms with van der Waals surface area (Å²) >= 11 is 0. The van der Waals surface area contributed by atoms with Crippen LogP contribution in [0.4, 0.5) is 13.2 Å². The van der Waals surface area contributed by atoms with E-state index in [1.54, 1.807) is 12.1 Å². The highest BCUT2D eigenvalue weighted by Crippen LogP contribution is 2.29. The van der Waals surface area contributed by atoms with Gasteiger partial charge in [0, 0.05) is 6.54 Å². The molecule has 24 heavy (non-hydrogen) atoms. The molecule has 0 saturated carbocycles. The number of nitrogens with one attached hydrogen (secondary N) is 1. The zero-order valence-electron chi connectivity index (χ0n) is 12.9. The predicted molar refractivity (Wildman–Crippen MR) is 86.8 cm³/mol. The second-order valence-electron chi connectivity index (χ2n) is 5.32. The molecule has 2 aromatic carbocycles. The summed E-state index contributed by atoms with van der Waals surface area (Å²) in [7, 11) is -3.70. The summed E-state index contributed by atoms with van der Waals surface area (Å²) < 4.78 is 64.3. The lowest BCUT2D eigenvalue weighted by atomic mass is 10.1. The Kier molecular flexibility index (Phi) is 5.15. The highest BCUT2D eigenvalue weighted by atomic mass is 32.2. The van der Waals surface area contributed by atoms with Crippen molar-refractivity contribution in [2.45, 2.75) is 18.0 Å². The van der Waals surface area contributed by atoms with Crippen molar-refractivity contribution in [3.63, 3.8) is 0 Å². The molecule has 0 amide bonds. The van der Waals surface area contributed by atoms with Crippen LogP contribution in [0, 0.1) is 6.92 Å². The zero-order valence-corrected chi connectivity index (χ0v) is 13.7. The number of halogens is 3. The number of rotatable bonds is 5. The summed E-state index contributed by atoms with van der Waals surface area (Å²) in [5.41, 5.74) is 0.983. The molecule has 0 bridgehead atoms. The molecule has 0 aliphatic rings. The van der Waals surface area contributed by atoms with E-state index in [0.717, 1.165) is 17.7 Å². The van der Waals surface area contributed by atoms with Gasteiger partial charge < -0.3 is 0 Å². The Hall–Kier alpha value is -2.12. The van der Waals surface area contributed by atoms with Crippen LogP contribution in [0.15, 0.2) is 60.0 Å². The van der Waals surface area contributed by atoms with Crippen molar-refractivity contribution in [1.29, 1.82) is 0 Å². The van der Waals surface area contributed by atoms with Crippen LogP contribution in [-0.4, -0.2) is 15.0 Å². The highest BCUT2D eigenvalue weighted by molar-refractivity contribution is 7.89. The first-order valence-corrected chi connectivity index (χ1v) is 8.50. The molecule has 128 valence electrons. The van der Waals surface area contributed by atoms with E-state index in [2.05, 4.69) is 11.3 Å². The average Bonchev–Trinajstić information content (AvgIpc) is 2.52. The van der Waals surface area contributed by atoms with Crippen molar-refractivity contribution >= 4 is 15.6 Å². The minimum Gasteiger partial charge on any atom is -0.207 e. The maximum Gasteiger partial charge on any atom is 0.416 e. The Labute approximate surface area is 138 Å². The second-order valence-corrected chi connectivity index (χ2v) is 7.08. The van der Waals surface area contributed by atoms with E-state index in [1.165, 1.54) is 24.3 Å². The normalized spacial score (nSPS) is 12.2. The number of benzene rings is 2. The number of sulfonamides is 1. The molecule has 0 aliphatic carbocycles. The molecule has 0 aliphatic heterocycles. The fourth-order valence-electron chi connectivity index (χ4n) is 1.98. The van der Waals surface area contributed by atoms with Gasteiger partial charge in [-0.05, 0) is 42.3 Å². The Morgan fingerprint density at radius 1 is 1.04 bits per heavy atom. The van der Waals surface area contributed by atoms with E-state index in [4.69, 9.17) is 0 Å². The van der Waals surface area contributed by atoms with Gasteiger partial charge in [-0.25, -0.2) is 13.1 Å². The number of hydrogen-bond donors (Lipinski definition) is 1. The molecule has 1 N–H and O–H groups in total. The molecule has 0 fully saturated rings. The third-order valence-corrected chi connectivity index (χ3v) is 4.84. The fourth-order valence-corrected chi connectivity index (χ4v) is 3.01. The minimum atomic E-state index is -4.41. The fraction of sp³-hybridized carbons (Fsp3) is 0.176. The van der Waals surface area contributed by atoms with Crippen LogP contribution in [0.1, 0.15) is 16.7 Å². The molecule has 0 heterocycles. The van der Waals surface area contributed by atoms with Crippen LogP contribution in [-0.2, 0) is 16.2 Å². The lowest BCUT2D eigenvalue weighted by Gasteiger charge is -2.11. The third-order valence-electron chi connectivity index (χ3n) is 3.43. The summed E-state index contributed by atoms with van der Waals surface area (Å²) in [5, 5.41) is 0. The standard InChI is InChI=1S/C17H16F3NO2S/c1-12-3-9-16(10-4-12)24(22,23)21-11-13(2)14-5-7-15(8-6-14)17(18,19)20/h3-10,21H,2,11H2,1H3. The van der Waals surface area contributed by atoms with Crippen molar-refractivity contribution in [3.8, 4) is 0 Å². The van der Waals surface area contributed by atoms with Gasteiger partial charge in [0.05, 0.1) is 10.5 Å². The maximum atomic E-state index is 12.5. The van der Waals surface area contributed by atoms with Crippen LogP contribution < -0.4 is 4.72 Å². The van der Waals surface area contributed by atoms with Crippen molar-refractivity contribution in [2.75, 3.05) is 6.54 Å². The molecule has 0 radical (unpaired) electrons. The highest BCUT2D eigenvalue weighted by Gasteiger charge is 2.30. The monoisotopic (exact) mass is 355 g/mol. The van der Waals surface area contributed by atoms with Crippen LogP contribution in [0.2, 0.25) is 0 Å². The predicted octanol–water partition coefficient (Wildman–Crippen LogP) is 4.01. The maximum absolute atomic E-state index is 12.5. The molecule has 0 unspecified atom stereocenters. The van der Waals surface area contributed by atoms with E-state index >= 15 is 0 Å². The Morgan fingerprint density at radius 2 is 1.58 bits per heavy atom. The van der Waals surface area contributed by atoms with Gasteiger partial charge in [0.1, 0.15) is 0 Å². The van der Waals surface area contributed by atoms with E-state index < -0.39 is 21.8 Å². The van der Waals surface area contributed by atoms with E-state index in [-0.39, 0.29) is 11.4 Å². The SMILES string of the molecule is C=C(CNS(=O)(=O)c1ccc(C)cc1)c1ccc(C(F)(F)F)cc1. The summed E-state index contributed by atoms with van der Waals surface area (Å²) in [5.74, 6) is 0. The molecule has 2 aromatic rings. The minimum absolute atomic E-state index is 0.0957. The molecule has 0 spiro atoms. The molecule has 0 aromatic heterocycles. The second kappa shape index (κ2) is 6.78. The quantitative estimate of drug-likeness (QED) is 0.881. The van der Waals surface area contributed by atoms with E-state index in [9.17, 15) is 21.6 Å². The Balaban J connectivity index is 2.06. The van der Waals surface area contributed by atoms with Gasteiger partial charge >= 0.3 is 6.18 Å². The smallest absolute Gasteiger partial charge is 0.207 e. The Morgan fingerprint density at radius 3 is 2.08 bits per heavy atom. The molecule has 7 heteroatoms. The lowest BCUT2D eigenvalue weighted by Crippen LogP contribution is -2.25.